The van der Waals surface area contributed by atoms with Crippen LogP contribution in [-0.2, 0) is 9.59 Å². The standard InChI is InChI=1S/C13H12BrN3O3/c1-7-5-9(3-4-10(7)14)15-12(18)13(19)16-11-6-8(2)20-17-11/h3-6H,1-2H3,(H,15,18)(H,16,17,19). The molecule has 0 saturated carbocycles. The monoisotopic (exact) mass is 337 g/mol. The van der Waals surface area contributed by atoms with Crippen LogP contribution in [0.1, 0.15) is 11.3 Å². The molecule has 1 aromatic carbocycles. The number of nitrogens with one attached hydrogen (secondary N) is 2. The second-order valence-corrected chi connectivity index (χ2v) is 5.05. The number of carbonyl (C=O) groups is 2. The Morgan fingerprint density at radius 3 is 2.45 bits per heavy atom. The van der Waals surface area contributed by atoms with Crippen LogP contribution in [0.25, 0.3) is 0 Å². The third kappa shape index (κ3) is 3.45. The summed E-state index contributed by atoms with van der Waals surface area (Å²) in [6.07, 6.45) is 0. The smallest absolute Gasteiger partial charge is 0.315 e. The molecular formula is C13H12BrN3O3. The van der Waals surface area contributed by atoms with Gasteiger partial charge in [0.05, 0.1) is 0 Å². The van der Waals surface area contributed by atoms with Gasteiger partial charge < -0.3 is 9.84 Å². The first kappa shape index (κ1) is 14.3. The van der Waals surface area contributed by atoms with Gasteiger partial charge in [-0.05, 0) is 37.6 Å². The normalized spacial score (nSPS) is 10.2. The van der Waals surface area contributed by atoms with Gasteiger partial charge in [0.15, 0.2) is 5.82 Å². The number of halogens is 1. The molecule has 1 aromatic heterocycles. The number of aryl methyl sites for hydroxylation is 2. The first-order chi connectivity index (χ1) is 9.45. The van der Waals surface area contributed by atoms with Crippen LogP contribution < -0.4 is 10.6 Å². The van der Waals surface area contributed by atoms with Gasteiger partial charge in [0.2, 0.25) is 0 Å². The number of amides is 2. The average Bonchev–Trinajstić information content (AvgIpc) is 2.79. The maximum atomic E-state index is 11.7. The predicted molar refractivity (Wildman–Crippen MR) is 77.4 cm³/mol. The third-order valence-corrected chi connectivity index (χ3v) is 3.38. The summed E-state index contributed by atoms with van der Waals surface area (Å²) in [6.45, 7) is 3.57. The number of hydrogen-bond acceptors (Lipinski definition) is 4. The minimum absolute atomic E-state index is 0.203. The molecule has 20 heavy (non-hydrogen) atoms. The van der Waals surface area contributed by atoms with Gasteiger partial charge in [-0.2, -0.15) is 0 Å². The van der Waals surface area contributed by atoms with Crippen LogP contribution in [0.3, 0.4) is 0 Å². The van der Waals surface area contributed by atoms with Crippen molar-refractivity contribution in [2.24, 2.45) is 0 Å². The fraction of sp³-hybridized carbons (Fsp3) is 0.154. The summed E-state index contributed by atoms with van der Waals surface area (Å²) < 4.78 is 5.72. The lowest BCUT2D eigenvalue weighted by Gasteiger charge is -2.06. The van der Waals surface area contributed by atoms with E-state index in [9.17, 15) is 9.59 Å². The van der Waals surface area contributed by atoms with Crippen LogP contribution >= 0.6 is 15.9 Å². The Hall–Kier alpha value is -2.15. The van der Waals surface area contributed by atoms with E-state index in [1.54, 1.807) is 25.1 Å². The van der Waals surface area contributed by atoms with E-state index < -0.39 is 11.8 Å². The molecule has 2 aromatic rings. The van der Waals surface area contributed by atoms with E-state index in [2.05, 4.69) is 31.7 Å². The van der Waals surface area contributed by atoms with E-state index in [0.29, 0.717) is 11.4 Å². The van der Waals surface area contributed by atoms with Crippen molar-refractivity contribution < 1.29 is 14.1 Å². The molecule has 0 aliphatic carbocycles. The zero-order valence-electron chi connectivity index (χ0n) is 10.9. The first-order valence-corrected chi connectivity index (χ1v) is 6.57. The Kier molecular flexibility index (Phi) is 4.19. The van der Waals surface area contributed by atoms with Crippen molar-refractivity contribution in [2.45, 2.75) is 13.8 Å². The summed E-state index contributed by atoms with van der Waals surface area (Å²) >= 11 is 3.36. The predicted octanol–water partition coefficient (Wildman–Crippen LogP) is 2.63. The molecule has 7 heteroatoms. The Bertz CT molecular complexity index is 667. The van der Waals surface area contributed by atoms with Crippen molar-refractivity contribution in [3.63, 3.8) is 0 Å². The molecule has 104 valence electrons. The Morgan fingerprint density at radius 1 is 1.15 bits per heavy atom. The summed E-state index contributed by atoms with van der Waals surface area (Å²) in [5, 5.41) is 8.43. The van der Waals surface area contributed by atoms with Gasteiger partial charge in [0, 0.05) is 16.2 Å². The number of nitrogens with zero attached hydrogens (tertiary/aromatic N) is 1. The van der Waals surface area contributed by atoms with E-state index in [4.69, 9.17) is 4.52 Å². The van der Waals surface area contributed by atoms with Gasteiger partial charge in [-0.15, -0.1) is 0 Å². The molecule has 6 nitrogen and oxygen atoms in total. The highest BCUT2D eigenvalue weighted by atomic mass is 79.9. The zero-order valence-corrected chi connectivity index (χ0v) is 12.4. The lowest BCUT2D eigenvalue weighted by atomic mass is 10.2. The minimum atomic E-state index is -0.807. The van der Waals surface area contributed by atoms with E-state index >= 15 is 0 Å². The molecule has 0 bridgehead atoms. The maximum absolute atomic E-state index is 11.7. The Morgan fingerprint density at radius 2 is 1.85 bits per heavy atom. The SMILES string of the molecule is Cc1cc(NC(=O)C(=O)Nc2ccc(Br)c(C)c2)no1. The highest BCUT2D eigenvalue weighted by Crippen LogP contribution is 2.20. The lowest BCUT2D eigenvalue weighted by molar-refractivity contribution is -0.133. The molecule has 2 rings (SSSR count). The van der Waals surface area contributed by atoms with E-state index in [1.165, 1.54) is 6.07 Å². The van der Waals surface area contributed by atoms with Gasteiger partial charge in [0.25, 0.3) is 0 Å². The second-order valence-electron chi connectivity index (χ2n) is 4.20. The van der Waals surface area contributed by atoms with Crippen LogP contribution in [0.15, 0.2) is 33.3 Å². The average molecular weight is 338 g/mol. The highest BCUT2D eigenvalue weighted by molar-refractivity contribution is 9.10. The van der Waals surface area contributed by atoms with Crippen molar-refractivity contribution >= 4 is 39.2 Å². The highest BCUT2D eigenvalue weighted by Gasteiger charge is 2.15. The molecule has 0 aliphatic rings. The molecule has 0 atom stereocenters. The largest absolute Gasteiger partial charge is 0.360 e. The molecule has 2 N–H and O–H groups in total. The Balaban J connectivity index is 2.00. The number of benzene rings is 1. The summed E-state index contributed by atoms with van der Waals surface area (Å²) in [7, 11) is 0. The maximum Gasteiger partial charge on any atom is 0.315 e. The molecule has 0 spiro atoms. The number of hydrogen-bond donors (Lipinski definition) is 2. The number of aromatic nitrogens is 1. The molecule has 1 heterocycles. The fourth-order valence-corrected chi connectivity index (χ4v) is 1.76. The van der Waals surface area contributed by atoms with Crippen molar-refractivity contribution in [2.75, 3.05) is 10.6 Å². The van der Waals surface area contributed by atoms with Crippen molar-refractivity contribution in [1.29, 1.82) is 0 Å². The zero-order chi connectivity index (χ0) is 14.7. The molecule has 0 fully saturated rings. The first-order valence-electron chi connectivity index (χ1n) is 5.77. The number of anilines is 2. The van der Waals surface area contributed by atoms with E-state index in [0.717, 1.165) is 10.0 Å². The molecule has 0 unspecified atom stereocenters. The molecule has 0 radical (unpaired) electrons. The lowest BCUT2D eigenvalue weighted by Crippen LogP contribution is -2.29. The van der Waals surface area contributed by atoms with Gasteiger partial charge >= 0.3 is 11.8 Å². The van der Waals surface area contributed by atoms with Crippen molar-refractivity contribution in [3.05, 3.63) is 40.1 Å². The van der Waals surface area contributed by atoms with Crippen LogP contribution in [-0.4, -0.2) is 17.0 Å². The molecule has 0 aliphatic heterocycles. The van der Waals surface area contributed by atoms with Gasteiger partial charge in [-0.3, -0.25) is 14.9 Å². The quantitative estimate of drug-likeness (QED) is 0.825. The summed E-state index contributed by atoms with van der Waals surface area (Å²) in [6, 6.07) is 6.77. The van der Waals surface area contributed by atoms with Crippen LogP contribution in [0.5, 0.6) is 0 Å². The van der Waals surface area contributed by atoms with Crippen molar-refractivity contribution in [1.82, 2.24) is 5.16 Å². The number of rotatable bonds is 2. The van der Waals surface area contributed by atoms with Crippen LogP contribution in [0.4, 0.5) is 11.5 Å². The second kappa shape index (κ2) is 5.87. The van der Waals surface area contributed by atoms with Gasteiger partial charge in [-0.25, -0.2) is 0 Å². The van der Waals surface area contributed by atoms with E-state index in [1.807, 2.05) is 6.92 Å². The van der Waals surface area contributed by atoms with E-state index in [-0.39, 0.29) is 5.82 Å². The molecule has 2 amide bonds. The van der Waals surface area contributed by atoms with Crippen molar-refractivity contribution in [3.8, 4) is 0 Å². The van der Waals surface area contributed by atoms with Crippen LogP contribution in [0, 0.1) is 13.8 Å². The van der Waals surface area contributed by atoms with Gasteiger partial charge in [-0.1, -0.05) is 21.1 Å². The van der Waals surface area contributed by atoms with Gasteiger partial charge in [0.1, 0.15) is 5.76 Å². The Labute approximate surface area is 123 Å². The summed E-state index contributed by atoms with van der Waals surface area (Å²) in [5.74, 6) is -0.829. The topological polar surface area (TPSA) is 84.2 Å². The van der Waals surface area contributed by atoms with Crippen LogP contribution in [0.2, 0.25) is 0 Å². The third-order valence-electron chi connectivity index (χ3n) is 2.49. The minimum Gasteiger partial charge on any atom is -0.360 e. The molecule has 0 saturated heterocycles. The summed E-state index contributed by atoms with van der Waals surface area (Å²) in [4.78, 5) is 23.4. The summed E-state index contributed by atoms with van der Waals surface area (Å²) in [5.41, 5.74) is 1.50. The molecular weight excluding hydrogens is 326 g/mol. The number of carbonyl (C=O) groups excluding carboxylic acids is 2. The fourth-order valence-electron chi connectivity index (χ4n) is 1.51.